The van der Waals surface area contributed by atoms with E-state index >= 15 is 0 Å². The first-order valence-corrected chi connectivity index (χ1v) is 9.03. The smallest absolute Gasteiger partial charge is 0.270 e. The maximum atomic E-state index is 12.6. The van der Waals surface area contributed by atoms with Gasteiger partial charge in [-0.2, -0.15) is 0 Å². The minimum atomic E-state index is -0.232. The first kappa shape index (κ1) is 18.7. The molecular formula is C19H20Cl2N4O. The molecule has 2 N–H and O–H groups in total. The molecule has 0 saturated carbocycles. The monoisotopic (exact) mass is 390 g/mol. The molecule has 26 heavy (non-hydrogen) atoms. The summed E-state index contributed by atoms with van der Waals surface area (Å²) in [7, 11) is 0. The van der Waals surface area contributed by atoms with Gasteiger partial charge < -0.3 is 10.6 Å². The Morgan fingerprint density at radius 1 is 1.27 bits per heavy atom. The van der Waals surface area contributed by atoms with Crippen LogP contribution in [0.1, 0.15) is 37.2 Å². The van der Waals surface area contributed by atoms with Gasteiger partial charge in [-0.1, -0.05) is 35.8 Å². The molecule has 0 aliphatic carbocycles. The van der Waals surface area contributed by atoms with Crippen LogP contribution in [0.25, 0.3) is 11.3 Å². The second kappa shape index (κ2) is 7.25. The number of carbonyl (C=O) groups is 1. The highest BCUT2D eigenvalue weighted by atomic mass is 35.5. The van der Waals surface area contributed by atoms with Crippen molar-refractivity contribution in [3.05, 3.63) is 58.6 Å². The molecule has 1 unspecified atom stereocenters. The van der Waals surface area contributed by atoms with E-state index in [4.69, 9.17) is 23.2 Å². The standard InChI is InChI=1S/C19H20Cl2N4O/c1-11-6-13(9-19(2,3)25-11)24-18(26)17-8-16(22-10-23-17)12-4-5-14(20)15(21)7-12/h4-5,7-8,10,13,25H,1,6,9H2,2-3H3,(H,24,26). The van der Waals surface area contributed by atoms with Gasteiger partial charge in [0.1, 0.15) is 12.0 Å². The van der Waals surface area contributed by atoms with Gasteiger partial charge in [0.2, 0.25) is 0 Å². The molecule has 1 aromatic carbocycles. The Kier molecular flexibility index (Phi) is 5.21. The minimum absolute atomic E-state index is 0.00893. The van der Waals surface area contributed by atoms with Crippen molar-refractivity contribution >= 4 is 29.1 Å². The molecule has 2 heterocycles. The normalized spacial score (nSPS) is 18.9. The first-order valence-electron chi connectivity index (χ1n) is 8.28. The molecule has 1 saturated heterocycles. The third-order valence-electron chi connectivity index (χ3n) is 4.21. The number of aromatic nitrogens is 2. The summed E-state index contributed by atoms with van der Waals surface area (Å²) in [6, 6.07) is 6.87. The lowest BCUT2D eigenvalue weighted by molar-refractivity contribution is 0.0917. The largest absolute Gasteiger partial charge is 0.384 e. The summed E-state index contributed by atoms with van der Waals surface area (Å²) in [6.45, 7) is 8.17. The summed E-state index contributed by atoms with van der Waals surface area (Å²) in [5.74, 6) is -0.232. The zero-order valence-electron chi connectivity index (χ0n) is 14.6. The molecule has 0 bridgehead atoms. The second-order valence-corrected chi connectivity index (χ2v) is 7.92. The van der Waals surface area contributed by atoms with E-state index in [0.717, 1.165) is 17.7 Å². The molecule has 136 valence electrons. The van der Waals surface area contributed by atoms with Gasteiger partial charge in [0.25, 0.3) is 5.91 Å². The molecule has 1 fully saturated rings. The Labute approximate surface area is 162 Å². The quantitative estimate of drug-likeness (QED) is 0.822. The number of hydrogen-bond donors (Lipinski definition) is 2. The fourth-order valence-corrected chi connectivity index (χ4v) is 3.52. The fourth-order valence-electron chi connectivity index (χ4n) is 3.22. The van der Waals surface area contributed by atoms with E-state index in [1.54, 1.807) is 24.3 Å². The molecule has 1 amide bonds. The molecule has 1 aliphatic rings. The van der Waals surface area contributed by atoms with E-state index in [2.05, 4.69) is 41.0 Å². The van der Waals surface area contributed by atoms with Gasteiger partial charge in [0.05, 0.1) is 15.7 Å². The number of hydrogen-bond acceptors (Lipinski definition) is 4. The summed E-state index contributed by atoms with van der Waals surface area (Å²) in [6.07, 6.45) is 2.88. The predicted octanol–water partition coefficient (Wildman–Crippen LogP) is 4.22. The molecule has 3 rings (SSSR count). The summed E-state index contributed by atoms with van der Waals surface area (Å²) < 4.78 is 0. The van der Waals surface area contributed by atoms with Gasteiger partial charge in [-0.3, -0.25) is 4.79 Å². The minimum Gasteiger partial charge on any atom is -0.384 e. The van der Waals surface area contributed by atoms with Gasteiger partial charge in [-0.15, -0.1) is 0 Å². The Morgan fingerprint density at radius 2 is 2.04 bits per heavy atom. The van der Waals surface area contributed by atoms with Crippen molar-refractivity contribution in [2.45, 2.75) is 38.3 Å². The number of piperidine rings is 1. The van der Waals surface area contributed by atoms with Crippen molar-refractivity contribution in [1.82, 2.24) is 20.6 Å². The van der Waals surface area contributed by atoms with E-state index in [-0.39, 0.29) is 17.5 Å². The molecule has 5 nitrogen and oxygen atoms in total. The SMILES string of the molecule is C=C1CC(NC(=O)c2cc(-c3ccc(Cl)c(Cl)c3)ncn2)CC(C)(C)N1. The summed E-state index contributed by atoms with van der Waals surface area (Å²) >= 11 is 12.0. The molecule has 0 radical (unpaired) electrons. The number of rotatable bonds is 3. The Balaban J connectivity index is 1.78. The van der Waals surface area contributed by atoms with Crippen molar-refractivity contribution in [2.75, 3.05) is 0 Å². The third kappa shape index (κ3) is 4.34. The number of nitrogens with one attached hydrogen (secondary N) is 2. The van der Waals surface area contributed by atoms with E-state index in [9.17, 15) is 4.79 Å². The van der Waals surface area contributed by atoms with Crippen molar-refractivity contribution in [2.24, 2.45) is 0 Å². The molecule has 1 aliphatic heterocycles. The average Bonchev–Trinajstić information content (AvgIpc) is 2.55. The van der Waals surface area contributed by atoms with Gasteiger partial charge in [0.15, 0.2) is 0 Å². The van der Waals surface area contributed by atoms with Crippen LogP contribution in [0, 0.1) is 0 Å². The highest BCUT2D eigenvalue weighted by Gasteiger charge is 2.30. The number of carbonyl (C=O) groups excluding carboxylic acids is 1. The highest BCUT2D eigenvalue weighted by molar-refractivity contribution is 6.42. The molecule has 7 heteroatoms. The maximum absolute atomic E-state index is 12.6. The van der Waals surface area contributed by atoms with Crippen LogP contribution in [-0.4, -0.2) is 27.5 Å². The summed E-state index contributed by atoms with van der Waals surface area (Å²) in [5.41, 5.74) is 2.50. The molecular weight excluding hydrogens is 371 g/mol. The van der Waals surface area contributed by atoms with Crippen LogP contribution in [0.4, 0.5) is 0 Å². The number of halogens is 2. The lowest BCUT2D eigenvalue weighted by Gasteiger charge is -2.38. The van der Waals surface area contributed by atoms with E-state index in [1.807, 2.05) is 0 Å². The molecule has 0 spiro atoms. The van der Waals surface area contributed by atoms with E-state index < -0.39 is 0 Å². The second-order valence-electron chi connectivity index (χ2n) is 7.11. The van der Waals surface area contributed by atoms with Crippen LogP contribution < -0.4 is 10.6 Å². The van der Waals surface area contributed by atoms with E-state index in [0.29, 0.717) is 27.9 Å². The van der Waals surface area contributed by atoms with Crippen LogP contribution in [0.2, 0.25) is 10.0 Å². The van der Waals surface area contributed by atoms with Gasteiger partial charge in [0, 0.05) is 29.3 Å². The Hall–Kier alpha value is -2.11. The van der Waals surface area contributed by atoms with Crippen molar-refractivity contribution in [3.8, 4) is 11.3 Å². The zero-order chi connectivity index (χ0) is 18.9. The topological polar surface area (TPSA) is 66.9 Å². The molecule has 2 aromatic rings. The van der Waals surface area contributed by atoms with Crippen LogP contribution in [0.15, 0.2) is 42.9 Å². The van der Waals surface area contributed by atoms with Gasteiger partial charge in [-0.25, -0.2) is 9.97 Å². The number of nitrogens with zero attached hydrogens (tertiary/aromatic N) is 2. The highest BCUT2D eigenvalue weighted by Crippen LogP contribution is 2.28. The maximum Gasteiger partial charge on any atom is 0.270 e. The van der Waals surface area contributed by atoms with Gasteiger partial charge in [-0.05, 0) is 38.5 Å². The van der Waals surface area contributed by atoms with Crippen LogP contribution in [-0.2, 0) is 0 Å². The van der Waals surface area contributed by atoms with Crippen LogP contribution in [0.5, 0.6) is 0 Å². The zero-order valence-corrected chi connectivity index (χ0v) is 16.2. The fraction of sp³-hybridized carbons (Fsp3) is 0.316. The Bertz CT molecular complexity index is 866. The van der Waals surface area contributed by atoms with Crippen LogP contribution in [0.3, 0.4) is 0 Å². The van der Waals surface area contributed by atoms with Crippen molar-refractivity contribution < 1.29 is 4.79 Å². The van der Waals surface area contributed by atoms with Crippen molar-refractivity contribution in [3.63, 3.8) is 0 Å². The first-order chi connectivity index (χ1) is 12.2. The Morgan fingerprint density at radius 3 is 2.73 bits per heavy atom. The summed E-state index contributed by atoms with van der Waals surface area (Å²) in [4.78, 5) is 21.0. The molecule has 1 atom stereocenters. The summed E-state index contributed by atoms with van der Waals surface area (Å²) in [5, 5.41) is 7.29. The van der Waals surface area contributed by atoms with Crippen LogP contribution >= 0.6 is 23.2 Å². The third-order valence-corrected chi connectivity index (χ3v) is 4.95. The number of benzene rings is 1. The average molecular weight is 391 g/mol. The van der Waals surface area contributed by atoms with Gasteiger partial charge >= 0.3 is 0 Å². The lowest BCUT2D eigenvalue weighted by atomic mass is 9.88. The van der Waals surface area contributed by atoms with E-state index in [1.165, 1.54) is 6.33 Å². The number of amides is 1. The molecule has 1 aromatic heterocycles. The lowest BCUT2D eigenvalue weighted by Crippen LogP contribution is -2.51. The van der Waals surface area contributed by atoms with Crippen molar-refractivity contribution in [1.29, 1.82) is 0 Å². The predicted molar refractivity (Wildman–Crippen MR) is 104 cm³/mol.